The number of nitrogens with zero attached hydrogens (tertiary/aromatic N) is 2. The van der Waals surface area contributed by atoms with E-state index >= 15 is 0 Å². The van der Waals surface area contributed by atoms with Crippen LogP contribution in [0, 0.1) is 0 Å². The largest absolute Gasteiger partial charge is 0.446 e. The molecule has 1 aliphatic rings. The van der Waals surface area contributed by atoms with Crippen LogP contribution in [0.25, 0.3) is 11.3 Å². The van der Waals surface area contributed by atoms with Gasteiger partial charge in [-0.2, -0.15) is 13.2 Å². The summed E-state index contributed by atoms with van der Waals surface area (Å²) in [6, 6.07) is 5.21. The number of likely N-dealkylation sites (tertiary alicyclic amines) is 1. The first-order valence-corrected chi connectivity index (χ1v) is 14.7. The second-order valence-corrected chi connectivity index (χ2v) is 13.8. The molecule has 4 nitrogen and oxygen atoms in total. The van der Waals surface area contributed by atoms with Crippen LogP contribution in [0.3, 0.4) is 0 Å². The lowest BCUT2D eigenvalue weighted by Gasteiger charge is -2.32. The van der Waals surface area contributed by atoms with E-state index < -0.39 is 11.1 Å². The number of halogens is 4. The van der Waals surface area contributed by atoms with Crippen molar-refractivity contribution in [1.29, 1.82) is 0 Å². The van der Waals surface area contributed by atoms with Crippen molar-refractivity contribution in [2.45, 2.75) is 86.1 Å². The van der Waals surface area contributed by atoms with Gasteiger partial charge in [-0.05, 0) is 74.6 Å². The topological polar surface area (TPSA) is 42.4 Å². The Balaban J connectivity index is 1.87. The van der Waals surface area contributed by atoms with Gasteiger partial charge < -0.3 is 9.64 Å². The molecule has 0 saturated carbocycles. The van der Waals surface area contributed by atoms with Crippen molar-refractivity contribution in [3.63, 3.8) is 0 Å². The van der Waals surface area contributed by atoms with E-state index in [1.54, 1.807) is 28.4 Å². The smallest absolute Gasteiger partial charge is 0.444 e. The van der Waals surface area contributed by atoms with Crippen molar-refractivity contribution in [3.8, 4) is 11.3 Å². The number of alkyl halides is 4. The number of hydrogen-bond acceptors (Lipinski definition) is 5. The zero-order valence-corrected chi connectivity index (χ0v) is 24.7. The second kappa shape index (κ2) is 10.8. The molecule has 0 spiro atoms. The molecule has 1 fully saturated rings. The molecule has 1 aliphatic heterocycles. The fraction of sp³-hybridized carbons (Fsp3) is 0.600. The molecule has 2 aromatic rings. The number of amides is 1. The third kappa shape index (κ3) is 7.99. The molecule has 194 valence electrons. The van der Waals surface area contributed by atoms with Crippen molar-refractivity contribution in [1.82, 2.24) is 9.88 Å². The number of ether oxygens (including phenoxy) is 1. The molecule has 1 amide bonds. The van der Waals surface area contributed by atoms with E-state index in [0.29, 0.717) is 13.1 Å². The van der Waals surface area contributed by atoms with Crippen LogP contribution >= 0.6 is 45.7 Å². The summed E-state index contributed by atoms with van der Waals surface area (Å²) < 4.78 is 45.8. The summed E-state index contributed by atoms with van der Waals surface area (Å²) in [5.74, 6) is 0.212. The first kappa shape index (κ1) is 28.6. The van der Waals surface area contributed by atoms with Crippen LogP contribution < -0.4 is 0 Å². The van der Waals surface area contributed by atoms with Gasteiger partial charge in [-0.3, -0.25) is 0 Å². The molecule has 1 aromatic carbocycles. The Morgan fingerprint density at radius 2 is 1.77 bits per heavy atom. The first-order chi connectivity index (χ1) is 16.1. The van der Waals surface area contributed by atoms with Gasteiger partial charge in [0, 0.05) is 38.8 Å². The molecule has 0 radical (unpaired) electrons. The molecule has 0 atom stereocenters. The zero-order valence-electron chi connectivity index (χ0n) is 20.9. The van der Waals surface area contributed by atoms with Gasteiger partial charge in [0.2, 0.25) is 0 Å². The number of benzene rings is 1. The minimum absolute atomic E-state index is 0.0807. The van der Waals surface area contributed by atoms with E-state index in [0.717, 1.165) is 44.0 Å². The normalized spacial score (nSPS) is 16.0. The molecule has 1 aromatic heterocycles. The van der Waals surface area contributed by atoms with Crippen LogP contribution in [0.15, 0.2) is 23.1 Å². The zero-order chi connectivity index (χ0) is 26.2. The number of carbonyl (C=O) groups is 1. The molecule has 1 saturated heterocycles. The average molecular weight is 641 g/mol. The number of piperidine rings is 1. The van der Waals surface area contributed by atoms with Crippen LogP contribution in [0.5, 0.6) is 0 Å². The molecule has 0 bridgehead atoms. The number of aromatic nitrogens is 1. The highest BCUT2D eigenvalue weighted by Gasteiger charge is 2.32. The third-order valence-corrected chi connectivity index (χ3v) is 8.81. The van der Waals surface area contributed by atoms with E-state index in [1.165, 1.54) is 0 Å². The fourth-order valence-electron chi connectivity index (χ4n) is 3.86. The van der Waals surface area contributed by atoms with Crippen molar-refractivity contribution >= 4 is 51.8 Å². The predicted molar refractivity (Wildman–Crippen MR) is 146 cm³/mol. The van der Waals surface area contributed by atoms with Gasteiger partial charge in [-0.1, -0.05) is 43.4 Å². The number of thiazole rings is 1. The van der Waals surface area contributed by atoms with Crippen molar-refractivity contribution in [2.24, 2.45) is 0 Å². The lowest BCUT2D eigenvalue weighted by molar-refractivity contribution is -0.0328. The summed E-state index contributed by atoms with van der Waals surface area (Å²) in [5.41, 5.74) is -2.84. The number of rotatable bonds is 4. The molecule has 0 aliphatic carbocycles. The molecule has 2 heterocycles. The standard InChI is InChI=1S/C25H32F3IN2O2S2/c1-23(2,3)17-11-16(12-18(13-17)35-25(26,27)28)20-19(14-29)34-21(30-20)15-7-9-31(10-8-15)22(32)33-24(4,5)6/h11-13,15H,7-10,14H2,1-6H3. The van der Waals surface area contributed by atoms with Crippen LogP contribution in [-0.4, -0.2) is 40.2 Å². The van der Waals surface area contributed by atoms with Gasteiger partial charge in [0.25, 0.3) is 0 Å². The summed E-state index contributed by atoms with van der Waals surface area (Å²) in [6.45, 7) is 12.8. The van der Waals surface area contributed by atoms with Crippen LogP contribution in [0.1, 0.15) is 75.8 Å². The third-order valence-electron chi connectivity index (χ3n) is 5.61. The van der Waals surface area contributed by atoms with Crippen molar-refractivity contribution in [3.05, 3.63) is 33.6 Å². The molecular weight excluding hydrogens is 608 g/mol. The van der Waals surface area contributed by atoms with Gasteiger partial charge >= 0.3 is 11.6 Å². The lowest BCUT2D eigenvalue weighted by Crippen LogP contribution is -2.41. The number of hydrogen-bond donors (Lipinski definition) is 0. The summed E-state index contributed by atoms with van der Waals surface area (Å²) >= 11 is 3.84. The van der Waals surface area contributed by atoms with Crippen molar-refractivity contribution in [2.75, 3.05) is 13.1 Å². The fourth-order valence-corrected chi connectivity index (χ4v) is 6.43. The maximum atomic E-state index is 13.2. The van der Waals surface area contributed by atoms with Gasteiger partial charge in [0.15, 0.2) is 0 Å². The van der Waals surface area contributed by atoms with Crippen molar-refractivity contribution < 1.29 is 22.7 Å². The maximum absolute atomic E-state index is 13.2. The van der Waals surface area contributed by atoms with E-state index in [2.05, 4.69) is 22.6 Å². The van der Waals surface area contributed by atoms with Crippen LogP contribution in [-0.2, 0) is 14.6 Å². The van der Waals surface area contributed by atoms with Gasteiger partial charge in [-0.25, -0.2) is 9.78 Å². The van der Waals surface area contributed by atoms with Crippen LogP contribution in [0.4, 0.5) is 18.0 Å². The highest BCUT2D eigenvalue weighted by molar-refractivity contribution is 14.1. The number of carbonyl (C=O) groups excluding carboxylic acids is 1. The summed E-state index contributed by atoms with van der Waals surface area (Å²) in [7, 11) is 0. The Morgan fingerprint density at radius 1 is 1.14 bits per heavy atom. The molecule has 10 heteroatoms. The molecular formula is C25H32F3IN2O2S2. The molecule has 35 heavy (non-hydrogen) atoms. The summed E-state index contributed by atoms with van der Waals surface area (Å²) in [6.07, 6.45) is 1.27. The summed E-state index contributed by atoms with van der Waals surface area (Å²) in [5, 5.41) is 0.988. The van der Waals surface area contributed by atoms with E-state index in [1.807, 2.05) is 47.6 Å². The van der Waals surface area contributed by atoms with Gasteiger partial charge in [0.05, 0.1) is 10.7 Å². The monoisotopic (exact) mass is 640 g/mol. The Kier molecular flexibility index (Phi) is 8.79. The Bertz CT molecular complexity index is 1050. The minimum Gasteiger partial charge on any atom is -0.444 e. The summed E-state index contributed by atoms with van der Waals surface area (Å²) in [4.78, 5) is 20.3. The van der Waals surface area contributed by atoms with Gasteiger partial charge in [0.1, 0.15) is 5.60 Å². The SMILES string of the molecule is CC(C)(C)OC(=O)N1CCC(c2nc(-c3cc(SC(F)(F)F)cc(C(C)(C)C)c3)c(CI)s2)CC1. The minimum atomic E-state index is -4.35. The average Bonchev–Trinajstić information content (AvgIpc) is 3.15. The highest BCUT2D eigenvalue weighted by atomic mass is 127. The highest BCUT2D eigenvalue weighted by Crippen LogP contribution is 2.43. The second-order valence-electron chi connectivity index (χ2n) is 10.7. The predicted octanol–water partition coefficient (Wildman–Crippen LogP) is 8.77. The molecule has 3 rings (SSSR count). The quantitative estimate of drug-likeness (QED) is 0.190. The number of thioether (sulfide) groups is 1. The van der Waals surface area contributed by atoms with Gasteiger partial charge in [-0.15, -0.1) is 11.3 Å². The Labute approximate surface area is 227 Å². The van der Waals surface area contributed by atoms with E-state index in [9.17, 15) is 18.0 Å². The molecule has 0 N–H and O–H groups in total. The first-order valence-electron chi connectivity index (χ1n) is 11.5. The Hall–Kier alpha value is -1.01. The maximum Gasteiger partial charge on any atom is 0.446 e. The molecule has 0 unspecified atom stereocenters. The lowest BCUT2D eigenvalue weighted by atomic mass is 9.86. The van der Waals surface area contributed by atoms with E-state index in [4.69, 9.17) is 9.72 Å². The van der Waals surface area contributed by atoms with E-state index in [-0.39, 0.29) is 34.1 Å². The van der Waals surface area contributed by atoms with Crippen LogP contribution in [0.2, 0.25) is 0 Å². The Morgan fingerprint density at radius 3 is 2.29 bits per heavy atom.